The maximum absolute atomic E-state index is 11.9. The first-order chi connectivity index (χ1) is 13.6. The Kier molecular flexibility index (Phi) is 19.8. The predicted molar refractivity (Wildman–Crippen MR) is 113 cm³/mol. The third kappa shape index (κ3) is 18.3. The summed E-state index contributed by atoms with van der Waals surface area (Å²) >= 11 is 0. The highest BCUT2D eigenvalue weighted by molar-refractivity contribution is 5.72. The minimum atomic E-state index is -0.216. The number of carbonyl (C=O) groups excluding carboxylic acids is 2. The smallest absolute Gasteiger partial charge is 0.305 e. The van der Waals surface area contributed by atoms with Gasteiger partial charge in [0, 0.05) is 26.6 Å². The third-order valence-electron chi connectivity index (χ3n) is 5.01. The number of hydrogen-bond acceptors (Lipinski definition) is 5. The van der Waals surface area contributed by atoms with Crippen molar-refractivity contribution in [1.82, 2.24) is 0 Å². The molecule has 0 saturated heterocycles. The van der Waals surface area contributed by atoms with Crippen molar-refractivity contribution in [1.29, 1.82) is 0 Å². The summed E-state index contributed by atoms with van der Waals surface area (Å²) in [4.78, 5) is 23.5. The normalized spacial score (nSPS) is 12.0. The quantitative estimate of drug-likeness (QED) is 0.190. The number of methoxy groups -OCH3 is 1. The molecule has 0 radical (unpaired) electrons. The maximum atomic E-state index is 11.9. The van der Waals surface area contributed by atoms with Crippen LogP contribution in [-0.2, 0) is 23.8 Å². The van der Waals surface area contributed by atoms with E-state index in [9.17, 15) is 9.59 Å². The van der Waals surface area contributed by atoms with Crippen molar-refractivity contribution >= 4 is 11.9 Å². The van der Waals surface area contributed by atoms with Crippen LogP contribution in [0.2, 0.25) is 0 Å². The minimum Gasteiger partial charge on any atom is -0.466 e. The third-order valence-corrected chi connectivity index (χ3v) is 5.01. The molecule has 0 aliphatic carbocycles. The number of hydrogen-bond donors (Lipinski definition) is 0. The Bertz CT molecular complexity index is 370. The fourth-order valence-corrected chi connectivity index (χ4v) is 3.15. The average molecular weight is 401 g/mol. The summed E-state index contributed by atoms with van der Waals surface area (Å²) in [5.74, 6) is 0.121. The number of esters is 2. The van der Waals surface area contributed by atoms with Crippen molar-refractivity contribution in [3.05, 3.63) is 0 Å². The van der Waals surface area contributed by atoms with Crippen LogP contribution in [0.3, 0.4) is 0 Å². The molecule has 0 aliphatic heterocycles. The van der Waals surface area contributed by atoms with E-state index < -0.39 is 0 Å². The van der Waals surface area contributed by atoms with E-state index in [1.165, 1.54) is 44.9 Å². The van der Waals surface area contributed by atoms with Gasteiger partial charge in [0.2, 0.25) is 0 Å². The maximum Gasteiger partial charge on any atom is 0.305 e. The van der Waals surface area contributed by atoms with Crippen LogP contribution in [0.4, 0.5) is 0 Å². The van der Waals surface area contributed by atoms with Gasteiger partial charge in [-0.1, -0.05) is 65.2 Å². The zero-order valence-electron chi connectivity index (χ0n) is 18.6. The lowest BCUT2D eigenvalue weighted by Crippen LogP contribution is -2.12. The molecule has 0 N–H and O–H groups in total. The van der Waals surface area contributed by atoms with Crippen LogP contribution in [0.15, 0.2) is 0 Å². The van der Waals surface area contributed by atoms with E-state index in [0.29, 0.717) is 25.6 Å². The van der Waals surface area contributed by atoms with E-state index in [4.69, 9.17) is 14.2 Å². The second kappa shape index (κ2) is 20.6. The highest BCUT2D eigenvalue weighted by Gasteiger charge is 2.11. The van der Waals surface area contributed by atoms with Gasteiger partial charge in [-0.3, -0.25) is 9.59 Å². The van der Waals surface area contributed by atoms with Crippen molar-refractivity contribution in [3.63, 3.8) is 0 Å². The van der Waals surface area contributed by atoms with E-state index in [-0.39, 0.29) is 24.8 Å². The molecule has 0 bridgehead atoms. The lowest BCUT2D eigenvalue weighted by molar-refractivity contribution is -0.145. The lowest BCUT2D eigenvalue weighted by Gasteiger charge is -2.16. The zero-order valence-corrected chi connectivity index (χ0v) is 18.6. The summed E-state index contributed by atoms with van der Waals surface area (Å²) in [6.45, 7) is 6.08. The first-order valence-corrected chi connectivity index (χ1v) is 11.4. The van der Waals surface area contributed by atoms with E-state index in [1.54, 1.807) is 7.11 Å². The van der Waals surface area contributed by atoms with Gasteiger partial charge >= 0.3 is 11.9 Å². The van der Waals surface area contributed by atoms with Gasteiger partial charge in [-0.05, 0) is 31.6 Å². The van der Waals surface area contributed by atoms with Gasteiger partial charge < -0.3 is 14.2 Å². The van der Waals surface area contributed by atoms with E-state index in [1.807, 2.05) is 0 Å². The molecule has 0 saturated carbocycles. The van der Waals surface area contributed by atoms with Crippen molar-refractivity contribution < 1.29 is 23.8 Å². The van der Waals surface area contributed by atoms with Gasteiger partial charge in [0.15, 0.2) is 0 Å². The van der Waals surface area contributed by atoms with Crippen LogP contribution < -0.4 is 0 Å². The predicted octanol–water partition coefficient (Wildman–Crippen LogP) is 5.84. The molecule has 5 nitrogen and oxygen atoms in total. The molecule has 0 amide bonds. The van der Waals surface area contributed by atoms with Crippen LogP contribution in [0, 0.1) is 5.92 Å². The van der Waals surface area contributed by atoms with E-state index in [2.05, 4.69) is 13.8 Å². The first-order valence-electron chi connectivity index (χ1n) is 11.4. The molecular weight excluding hydrogens is 356 g/mol. The van der Waals surface area contributed by atoms with Crippen LogP contribution >= 0.6 is 0 Å². The highest BCUT2D eigenvalue weighted by Crippen LogP contribution is 2.18. The highest BCUT2D eigenvalue weighted by atomic mass is 16.5. The monoisotopic (exact) mass is 400 g/mol. The molecule has 0 spiro atoms. The van der Waals surface area contributed by atoms with Gasteiger partial charge in [0.1, 0.15) is 0 Å². The molecule has 0 aromatic rings. The molecular formula is C23H44O5. The summed E-state index contributed by atoms with van der Waals surface area (Å²) in [6, 6.07) is 0. The molecule has 166 valence electrons. The molecule has 0 aromatic heterocycles. The molecule has 0 heterocycles. The fraction of sp³-hybridized carbons (Fsp3) is 0.913. The SMILES string of the molecule is CCCCCCOC(=O)CCCC(=O)OCCC(CCCCCC)CCOC. The second-order valence-corrected chi connectivity index (χ2v) is 7.64. The largest absolute Gasteiger partial charge is 0.466 e. The van der Waals surface area contributed by atoms with Gasteiger partial charge in [0.05, 0.1) is 13.2 Å². The van der Waals surface area contributed by atoms with Crippen LogP contribution in [0.1, 0.15) is 104 Å². The number of rotatable bonds is 20. The Hall–Kier alpha value is -1.10. The second-order valence-electron chi connectivity index (χ2n) is 7.64. The molecule has 0 aliphatic rings. The summed E-state index contributed by atoms with van der Waals surface area (Å²) in [5, 5.41) is 0. The molecule has 1 unspecified atom stereocenters. The molecule has 28 heavy (non-hydrogen) atoms. The Balaban J connectivity index is 3.76. The van der Waals surface area contributed by atoms with Crippen molar-refractivity contribution in [2.24, 2.45) is 5.92 Å². The first kappa shape index (κ1) is 26.9. The molecule has 5 heteroatoms. The Morgan fingerprint density at radius 3 is 1.82 bits per heavy atom. The Morgan fingerprint density at radius 1 is 0.643 bits per heavy atom. The number of carbonyl (C=O) groups is 2. The Labute approximate surface area is 172 Å². The summed E-state index contributed by atoms with van der Waals surface area (Å²) in [5.41, 5.74) is 0. The molecule has 1 atom stereocenters. The summed E-state index contributed by atoms with van der Waals surface area (Å²) < 4.78 is 15.7. The fourth-order valence-electron chi connectivity index (χ4n) is 3.15. The molecule has 0 rings (SSSR count). The van der Waals surface area contributed by atoms with Crippen LogP contribution in [-0.4, -0.2) is 38.9 Å². The van der Waals surface area contributed by atoms with Crippen molar-refractivity contribution in [3.8, 4) is 0 Å². The van der Waals surface area contributed by atoms with Gasteiger partial charge in [-0.15, -0.1) is 0 Å². The van der Waals surface area contributed by atoms with Crippen molar-refractivity contribution in [2.45, 2.75) is 104 Å². The average Bonchev–Trinajstić information content (AvgIpc) is 2.68. The topological polar surface area (TPSA) is 61.8 Å². The summed E-state index contributed by atoms with van der Waals surface area (Å²) in [7, 11) is 1.73. The van der Waals surface area contributed by atoms with Gasteiger partial charge in [-0.2, -0.15) is 0 Å². The van der Waals surface area contributed by atoms with E-state index >= 15 is 0 Å². The van der Waals surface area contributed by atoms with Crippen LogP contribution in [0.25, 0.3) is 0 Å². The van der Waals surface area contributed by atoms with E-state index in [0.717, 1.165) is 32.3 Å². The zero-order chi connectivity index (χ0) is 20.9. The summed E-state index contributed by atoms with van der Waals surface area (Å²) in [6.07, 6.45) is 13.5. The number of ether oxygens (including phenoxy) is 3. The standard InChI is InChI=1S/C23H44O5/c1-4-6-8-10-13-21(16-19-26-3)17-20-28-23(25)15-12-14-22(24)27-18-11-9-7-5-2/h21H,4-20H2,1-3H3. The minimum absolute atomic E-state index is 0.212. The molecule has 0 aromatic carbocycles. The van der Waals surface area contributed by atoms with Gasteiger partial charge in [-0.25, -0.2) is 0 Å². The lowest BCUT2D eigenvalue weighted by atomic mass is 9.95. The number of unbranched alkanes of at least 4 members (excludes halogenated alkanes) is 6. The van der Waals surface area contributed by atoms with Gasteiger partial charge in [0.25, 0.3) is 0 Å². The Morgan fingerprint density at radius 2 is 1.21 bits per heavy atom. The van der Waals surface area contributed by atoms with Crippen molar-refractivity contribution in [2.75, 3.05) is 26.9 Å². The molecule has 0 fully saturated rings. The van der Waals surface area contributed by atoms with Crippen LogP contribution in [0.5, 0.6) is 0 Å².